The van der Waals surface area contributed by atoms with Gasteiger partial charge in [0.2, 0.25) is 0 Å². The first kappa shape index (κ1) is 21.0. The molecule has 2 heterocycles. The molecular weight excluding hydrogens is 475 g/mol. The van der Waals surface area contributed by atoms with Crippen molar-refractivity contribution in [1.29, 1.82) is 0 Å². The Bertz CT molecular complexity index is 1080. The third-order valence-electron chi connectivity index (χ3n) is 4.73. The van der Waals surface area contributed by atoms with Crippen molar-refractivity contribution in [2.24, 2.45) is 4.99 Å². The summed E-state index contributed by atoms with van der Waals surface area (Å²) in [7, 11) is -3.18. The summed E-state index contributed by atoms with van der Waals surface area (Å²) >= 11 is 19.9. The third-order valence-corrected chi connectivity index (χ3v) is 8.81. The van der Waals surface area contributed by atoms with Crippen molar-refractivity contribution in [3.05, 3.63) is 63.1 Å². The molecule has 2 aliphatic heterocycles. The molecule has 0 aromatic heterocycles. The molecule has 0 radical (unpaired) electrons. The van der Waals surface area contributed by atoms with Gasteiger partial charge >= 0.3 is 0 Å². The molecule has 2 atom stereocenters. The number of fused-ring (bicyclic) bond motifs is 1. The molecule has 4 rings (SSSR count). The number of rotatable bonds is 3. The highest BCUT2D eigenvalue weighted by Crippen LogP contribution is 2.45. The number of amides is 1. The van der Waals surface area contributed by atoms with E-state index < -0.39 is 9.84 Å². The number of halogens is 3. The number of carbonyl (C=O) groups excluding carboxylic acids is 1. The molecule has 0 unspecified atom stereocenters. The number of hydrogen-bond acceptors (Lipinski definition) is 4. The van der Waals surface area contributed by atoms with Crippen molar-refractivity contribution in [3.8, 4) is 0 Å². The van der Waals surface area contributed by atoms with Crippen LogP contribution in [0.4, 0.5) is 5.69 Å². The van der Waals surface area contributed by atoms with Gasteiger partial charge in [-0.05, 0) is 29.8 Å². The number of amidine groups is 1. The molecule has 5 nitrogen and oxygen atoms in total. The highest BCUT2D eigenvalue weighted by Gasteiger charge is 2.50. The molecule has 0 saturated carbocycles. The van der Waals surface area contributed by atoms with E-state index in [1.807, 2.05) is 0 Å². The van der Waals surface area contributed by atoms with E-state index in [-0.39, 0.29) is 35.1 Å². The Balaban J connectivity index is 1.69. The molecule has 0 bridgehead atoms. The summed E-state index contributed by atoms with van der Waals surface area (Å²) in [5.74, 6) is -0.340. The Morgan fingerprint density at radius 1 is 1.07 bits per heavy atom. The van der Waals surface area contributed by atoms with Gasteiger partial charge in [0, 0.05) is 10.3 Å². The van der Waals surface area contributed by atoms with Gasteiger partial charge in [-0.1, -0.05) is 64.8 Å². The van der Waals surface area contributed by atoms with Crippen molar-refractivity contribution >= 4 is 73.2 Å². The summed E-state index contributed by atoms with van der Waals surface area (Å²) in [6, 6.07) is 11.7. The van der Waals surface area contributed by atoms with Crippen molar-refractivity contribution in [3.63, 3.8) is 0 Å². The van der Waals surface area contributed by atoms with Gasteiger partial charge in [-0.3, -0.25) is 4.79 Å². The molecule has 0 spiro atoms. The predicted octanol–water partition coefficient (Wildman–Crippen LogP) is 4.49. The SMILES string of the molecule is O=C(Cc1ccc(Cl)cc1)N=C1S[C@H]2CS(=O)(=O)C[C@@H]2N1c1c(Cl)cccc1Cl. The zero-order chi connectivity index (χ0) is 20.8. The van der Waals surface area contributed by atoms with Gasteiger partial charge in [0.1, 0.15) is 0 Å². The summed E-state index contributed by atoms with van der Waals surface area (Å²) in [6.07, 6.45) is 0.110. The van der Waals surface area contributed by atoms with Crippen LogP contribution in [0.15, 0.2) is 47.5 Å². The lowest BCUT2D eigenvalue weighted by Gasteiger charge is -2.26. The molecule has 2 aromatic rings. The molecule has 29 heavy (non-hydrogen) atoms. The Hall–Kier alpha value is -1.25. The maximum Gasteiger partial charge on any atom is 0.252 e. The maximum absolute atomic E-state index is 12.6. The molecular formula is C19H15Cl3N2O3S2. The third kappa shape index (κ3) is 4.44. The van der Waals surface area contributed by atoms with E-state index in [2.05, 4.69) is 4.99 Å². The Kier molecular flexibility index (Phi) is 5.88. The van der Waals surface area contributed by atoms with Crippen LogP contribution in [-0.2, 0) is 21.1 Å². The van der Waals surface area contributed by atoms with Crippen LogP contribution in [0.3, 0.4) is 0 Å². The van der Waals surface area contributed by atoms with E-state index in [4.69, 9.17) is 34.8 Å². The van der Waals surface area contributed by atoms with Crippen molar-refractivity contribution in [2.75, 3.05) is 16.4 Å². The zero-order valence-electron chi connectivity index (χ0n) is 14.9. The number of nitrogens with zero attached hydrogens (tertiary/aromatic N) is 2. The fraction of sp³-hybridized carbons (Fsp3) is 0.263. The standard InChI is InChI=1S/C19H15Cl3N2O3S2/c20-12-6-4-11(5-7-12)8-17(25)23-19-24(18-13(21)2-1-3-14(18)22)15-9-29(26,27)10-16(15)28-19/h1-7,15-16H,8-10H2/t15-,16-/m0/s1. The minimum Gasteiger partial charge on any atom is -0.313 e. The minimum atomic E-state index is -3.18. The van der Waals surface area contributed by atoms with Gasteiger partial charge < -0.3 is 4.90 Å². The second kappa shape index (κ2) is 8.12. The minimum absolute atomic E-state index is 0.0311. The average Bonchev–Trinajstić information content (AvgIpc) is 3.09. The number of sulfone groups is 1. The van der Waals surface area contributed by atoms with Crippen molar-refractivity contribution < 1.29 is 13.2 Å². The van der Waals surface area contributed by atoms with Gasteiger partial charge in [0.15, 0.2) is 15.0 Å². The Labute approximate surface area is 188 Å². The first-order valence-corrected chi connectivity index (χ1v) is 12.5. The molecule has 152 valence electrons. The van der Waals surface area contributed by atoms with Crippen LogP contribution in [0, 0.1) is 0 Å². The highest BCUT2D eigenvalue weighted by molar-refractivity contribution is 8.16. The molecule has 2 fully saturated rings. The molecule has 1 amide bonds. The van der Waals surface area contributed by atoms with Crippen LogP contribution in [0.1, 0.15) is 5.56 Å². The fourth-order valence-corrected chi connectivity index (χ4v) is 8.09. The highest BCUT2D eigenvalue weighted by atomic mass is 35.5. The van der Waals surface area contributed by atoms with Gasteiger partial charge in [-0.25, -0.2) is 8.42 Å². The number of aliphatic imine (C=N–C) groups is 1. The smallest absolute Gasteiger partial charge is 0.252 e. The van der Waals surface area contributed by atoms with Crippen LogP contribution in [-0.4, -0.2) is 42.3 Å². The Morgan fingerprint density at radius 3 is 2.38 bits per heavy atom. The van der Waals surface area contributed by atoms with Crippen molar-refractivity contribution in [2.45, 2.75) is 17.7 Å². The number of thioether (sulfide) groups is 1. The van der Waals surface area contributed by atoms with E-state index in [0.717, 1.165) is 5.56 Å². The monoisotopic (exact) mass is 488 g/mol. The van der Waals surface area contributed by atoms with Crippen LogP contribution in [0.25, 0.3) is 0 Å². The molecule has 0 N–H and O–H groups in total. The predicted molar refractivity (Wildman–Crippen MR) is 120 cm³/mol. The van der Waals surface area contributed by atoms with E-state index >= 15 is 0 Å². The van der Waals surface area contributed by atoms with Gasteiger partial charge in [0.25, 0.3) is 5.91 Å². The van der Waals surface area contributed by atoms with Crippen LogP contribution in [0.2, 0.25) is 15.1 Å². The number of anilines is 1. The second-order valence-corrected chi connectivity index (χ2v) is 11.4. The lowest BCUT2D eigenvalue weighted by Crippen LogP contribution is -2.38. The van der Waals surface area contributed by atoms with Crippen LogP contribution >= 0.6 is 46.6 Å². The van der Waals surface area contributed by atoms with Crippen LogP contribution < -0.4 is 4.90 Å². The van der Waals surface area contributed by atoms with E-state index in [9.17, 15) is 13.2 Å². The molecule has 2 aliphatic rings. The number of hydrogen-bond donors (Lipinski definition) is 0. The molecule has 10 heteroatoms. The summed E-state index contributed by atoms with van der Waals surface area (Å²) in [4.78, 5) is 18.6. The summed E-state index contributed by atoms with van der Waals surface area (Å²) in [6.45, 7) is 0. The van der Waals surface area contributed by atoms with Gasteiger partial charge in [-0.15, -0.1) is 0 Å². The number of benzene rings is 2. The Morgan fingerprint density at radius 2 is 1.72 bits per heavy atom. The quantitative estimate of drug-likeness (QED) is 0.635. The van der Waals surface area contributed by atoms with Crippen molar-refractivity contribution in [1.82, 2.24) is 0 Å². The summed E-state index contributed by atoms with van der Waals surface area (Å²) in [5.41, 5.74) is 1.27. The largest absolute Gasteiger partial charge is 0.313 e. The van der Waals surface area contributed by atoms with E-state index in [0.29, 0.717) is 25.9 Å². The van der Waals surface area contributed by atoms with E-state index in [1.54, 1.807) is 47.4 Å². The van der Waals surface area contributed by atoms with Gasteiger partial charge in [-0.2, -0.15) is 4.99 Å². The lowest BCUT2D eigenvalue weighted by molar-refractivity contribution is -0.117. The number of para-hydroxylation sites is 1. The maximum atomic E-state index is 12.6. The fourth-order valence-electron chi connectivity index (χ4n) is 3.47. The van der Waals surface area contributed by atoms with E-state index in [1.165, 1.54) is 11.8 Å². The molecule has 0 aliphatic carbocycles. The van der Waals surface area contributed by atoms with Crippen LogP contribution in [0.5, 0.6) is 0 Å². The first-order chi connectivity index (χ1) is 13.7. The lowest BCUT2D eigenvalue weighted by atomic mass is 10.1. The second-order valence-electron chi connectivity index (χ2n) is 6.83. The van der Waals surface area contributed by atoms with Gasteiger partial charge in [0.05, 0.1) is 39.7 Å². The molecule has 2 aromatic carbocycles. The topological polar surface area (TPSA) is 66.8 Å². The zero-order valence-corrected chi connectivity index (χ0v) is 18.8. The first-order valence-electron chi connectivity index (χ1n) is 8.70. The summed E-state index contributed by atoms with van der Waals surface area (Å²) < 4.78 is 24.3. The summed E-state index contributed by atoms with van der Waals surface area (Å²) in [5, 5.41) is 1.53. The number of carbonyl (C=O) groups is 1. The molecule has 2 saturated heterocycles. The normalized spacial score (nSPS) is 24.1. The average molecular weight is 490 g/mol.